The minimum atomic E-state index is -0.988. The molecule has 0 aliphatic heterocycles. The van der Waals surface area contributed by atoms with Crippen LogP contribution in [0.2, 0.25) is 0 Å². The van der Waals surface area contributed by atoms with Crippen LogP contribution in [0.15, 0.2) is 36.4 Å². The second kappa shape index (κ2) is 6.39. The molecule has 4 nitrogen and oxygen atoms in total. The quantitative estimate of drug-likeness (QED) is 0.884. The van der Waals surface area contributed by atoms with E-state index in [0.29, 0.717) is 16.3 Å². The Morgan fingerprint density at radius 1 is 1.00 bits per heavy atom. The lowest BCUT2D eigenvalue weighted by molar-refractivity contribution is 0.0698. The molecule has 2 rings (SSSR count). The fourth-order valence-corrected chi connectivity index (χ4v) is 2.45. The van der Waals surface area contributed by atoms with Gasteiger partial charge in [0.1, 0.15) is 0 Å². The predicted molar refractivity (Wildman–Crippen MR) is 82.7 cm³/mol. The van der Waals surface area contributed by atoms with Crippen molar-refractivity contribution in [3.63, 3.8) is 0 Å². The van der Waals surface area contributed by atoms with Crippen molar-refractivity contribution in [2.75, 3.05) is 0 Å². The van der Waals surface area contributed by atoms with Gasteiger partial charge >= 0.3 is 5.97 Å². The van der Waals surface area contributed by atoms with Crippen LogP contribution in [0.4, 0.5) is 0 Å². The SMILES string of the molecule is CCC(CC)NC(=O)c1cccc2c(C(=O)O)cccc12. The van der Waals surface area contributed by atoms with E-state index in [0.717, 1.165) is 12.8 Å². The average molecular weight is 285 g/mol. The molecule has 0 saturated carbocycles. The monoisotopic (exact) mass is 285 g/mol. The molecular weight excluding hydrogens is 266 g/mol. The smallest absolute Gasteiger partial charge is 0.336 e. The molecule has 1 amide bonds. The molecule has 0 radical (unpaired) electrons. The Hall–Kier alpha value is -2.36. The molecule has 21 heavy (non-hydrogen) atoms. The van der Waals surface area contributed by atoms with Crippen LogP contribution in [-0.2, 0) is 0 Å². The summed E-state index contributed by atoms with van der Waals surface area (Å²) in [6.45, 7) is 4.06. The molecule has 0 bridgehead atoms. The third kappa shape index (κ3) is 3.05. The van der Waals surface area contributed by atoms with Gasteiger partial charge in [0.25, 0.3) is 5.91 Å². The molecule has 0 aliphatic carbocycles. The summed E-state index contributed by atoms with van der Waals surface area (Å²) in [6, 6.07) is 10.3. The van der Waals surface area contributed by atoms with Crippen LogP contribution in [0.1, 0.15) is 47.4 Å². The Bertz CT molecular complexity index is 675. The fourth-order valence-electron chi connectivity index (χ4n) is 2.45. The van der Waals surface area contributed by atoms with Gasteiger partial charge in [0.15, 0.2) is 0 Å². The van der Waals surface area contributed by atoms with Gasteiger partial charge in [-0.15, -0.1) is 0 Å². The molecule has 0 atom stereocenters. The highest BCUT2D eigenvalue weighted by Crippen LogP contribution is 2.23. The van der Waals surface area contributed by atoms with Crippen LogP contribution in [0.3, 0.4) is 0 Å². The third-order valence-electron chi connectivity index (χ3n) is 3.72. The number of amides is 1. The molecule has 0 fully saturated rings. The van der Waals surface area contributed by atoms with Crippen molar-refractivity contribution in [2.45, 2.75) is 32.7 Å². The Morgan fingerprint density at radius 2 is 1.52 bits per heavy atom. The maximum absolute atomic E-state index is 12.4. The summed E-state index contributed by atoms with van der Waals surface area (Å²) in [7, 11) is 0. The molecule has 0 aliphatic rings. The molecule has 0 spiro atoms. The van der Waals surface area contributed by atoms with Gasteiger partial charge in [0.2, 0.25) is 0 Å². The highest BCUT2D eigenvalue weighted by molar-refractivity contribution is 6.12. The summed E-state index contributed by atoms with van der Waals surface area (Å²) in [5.41, 5.74) is 0.729. The first-order valence-corrected chi connectivity index (χ1v) is 7.14. The van der Waals surface area contributed by atoms with Crippen LogP contribution in [0.5, 0.6) is 0 Å². The van der Waals surface area contributed by atoms with E-state index in [-0.39, 0.29) is 17.5 Å². The van der Waals surface area contributed by atoms with Crippen molar-refractivity contribution >= 4 is 22.6 Å². The van der Waals surface area contributed by atoms with E-state index < -0.39 is 5.97 Å². The number of fused-ring (bicyclic) bond motifs is 1. The van der Waals surface area contributed by atoms with Crippen molar-refractivity contribution in [1.29, 1.82) is 0 Å². The highest BCUT2D eigenvalue weighted by atomic mass is 16.4. The van der Waals surface area contributed by atoms with Gasteiger partial charge in [-0.1, -0.05) is 38.1 Å². The predicted octanol–water partition coefficient (Wildman–Crippen LogP) is 3.46. The molecule has 0 aromatic heterocycles. The highest BCUT2D eigenvalue weighted by Gasteiger charge is 2.15. The number of hydrogen-bond acceptors (Lipinski definition) is 2. The summed E-state index contributed by atoms with van der Waals surface area (Å²) >= 11 is 0. The van der Waals surface area contributed by atoms with Crippen LogP contribution in [0, 0.1) is 0 Å². The van der Waals surface area contributed by atoms with E-state index in [4.69, 9.17) is 0 Å². The molecule has 2 aromatic rings. The lowest BCUT2D eigenvalue weighted by Crippen LogP contribution is -2.33. The first kappa shape index (κ1) is 15.0. The number of carboxylic acid groups (broad SMARTS) is 1. The van der Waals surface area contributed by atoms with Gasteiger partial charge in [0, 0.05) is 11.6 Å². The second-order valence-electron chi connectivity index (χ2n) is 5.00. The van der Waals surface area contributed by atoms with Crippen LogP contribution in [0.25, 0.3) is 10.8 Å². The molecule has 4 heteroatoms. The van der Waals surface area contributed by atoms with Crippen molar-refractivity contribution < 1.29 is 14.7 Å². The Kier molecular flexibility index (Phi) is 4.58. The Balaban J connectivity index is 2.48. The zero-order chi connectivity index (χ0) is 15.4. The van der Waals surface area contributed by atoms with E-state index in [2.05, 4.69) is 5.32 Å². The van der Waals surface area contributed by atoms with Gasteiger partial charge in [-0.05, 0) is 35.7 Å². The van der Waals surface area contributed by atoms with Crippen LogP contribution >= 0.6 is 0 Å². The number of aromatic carboxylic acids is 1. The summed E-state index contributed by atoms with van der Waals surface area (Å²) in [6.07, 6.45) is 1.74. The number of carbonyl (C=O) groups excluding carboxylic acids is 1. The first-order chi connectivity index (χ1) is 10.1. The molecule has 110 valence electrons. The van der Waals surface area contributed by atoms with Crippen molar-refractivity contribution in [1.82, 2.24) is 5.32 Å². The maximum atomic E-state index is 12.4. The number of benzene rings is 2. The molecule has 2 aromatic carbocycles. The average Bonchev–Trinajstić information content (AvgIpc) is 2.50. The van der Waals surface area contributed by atoms with E-state index >= 15 is 0 Å². The normalized spacial score (nSPS) is 10.8. The van der Waals surface area contributed by atoms with Gasteiger partial charge < -0.3 is 10.4 Å². The third-order valence-corrected chi connectivity index (χ3v) is 3.72. The zero-order valence-electron chi connectivity index (χ0n) is 12.2. The summed E-state index contributed by atoms with van der Waals surface area (Å²) in [5, 5.41) is 13.5. The Labute approximate surface area is 123 Å². The topological polar surface area (TPSA) is 66.4 Å². The summed E-state index contributed by atoms with van der Waals surface area (Å²) < 4.78 is 0. The number of carbonyl (C=O) groups is 2. The molecule has 0 heterocycles. The second-order valence-corrected chi connectivity index (χ2v) is 5.00. The summed E-state index contributed by atoms with van der Waals surface area (Å²) in [4.78, 5) is 23.7. The van der Waals surface area contributed by atoms with E-state index in [1.165, 1.54) is 0 Å². The number of rotatable bonds is 5. The minimum absolute atomic E-state index is 0.135. The van der Waals surface area contributed by atoms with Crippen molar-refractivity contribution in [2.24, 2.45) is 0 Å². The van der Waals surface area contributed by atoms with Crippen LogP contribution in [-0.4, -0.2) is 23.0 Å². The number of nitrogens with one attached hydrogen (secondary N) is 1. The minimum Gasteiger partial charge on any atom is -0.478 e. The Morgan fingerprint density at radius 3 is 2.05 bits per heavy atom. The first-order valence-electron chi connectivity index (χ1n) is 7.14. The number of hydrogen-bond donors (Lipinski definition) is 2. The lowest BCUT2D eigenvalue weighted by Gasteiger charge is -2.16. The zero-order valence-corrected chi connectivity index (χ0v) is 12.2. The van der Waals surface area contributed by atoms with E-state index in [1.54, 1.807) is 36.4 Å². The van der Waals surface area contributed by atoms with E-state index in [1.807, 2.05) is 13.8 Å². The van der Waals surface area contributed by atoms with Gasteiger partial charge in [0.05, 0.1) is 5.56 Å². The fraction of sp³-hybridized carbons (Fsp3) is 0.294. The van der Waals surface area contributed by atoms with Gasteiger partial charge in [-0.25, -0.2) is 4.79 Å². The van der Waals surface area contributed by atoms with Crippen molar-refractivity contribution in [3.8, 4) is 0 Å². The lowest BCUT2D eigenvalue weighted by atomic mass is 9.99. The maximum Gasteiger partial charge on any atom is 0.336 e. The molecule has 0 unspecified atom stereocenters. The number of carboxylic acids is 1. The summed E-state index contributed by atoms with van der Waals surface area (Å²) in [5.74, 6) is -1.14. The molecule has 2 N–H and O–H groups in total. The standard InChI is InChI=1S/C17H19NO3/c1-3-11(4-2)18-16(19)14-9-5-8-13-12(14)7-6-10-15(13)17(20)21/h5-11H,3-4H2,1-2H3,(H,18,19)(H,20,21). The van der Waals surface area contributed by atoms with Crippen molar-refractivity contribution in [3.05, 3.63) is 47.5 Å². The molecular formula is C17H19NO3. The molecule has 0 saturated heterocycles. The van der Waals surface area contributed by atoms with Crippen LogP contribution < -0.4 is 5.32 Å². The van der Waals surface area contributed by atoms with Gasteiger partial charge in [-0.2, -0.15) is 0 Å². The van der Waals surface area contributed by atoms with E-state index in [9.17, 15) is 14.7 Å². The van der Waals surface area contributed by atoms with Gasteiger partial charge in [-0.3, -0.25) is 4.79 Å². The largest absolute Gasteiger partial charge is 0.478 e.